The maximum Gasteiger partial charge on any atom is 0.306 e. The molecule has 6 nitrogen and oxygen atoms in total. The van der Waals surface area contributed by atoms with Crippen LogP contribution in [0.3, 0.4) is 0 Å². The van der Waals surface area contributed by atoms with E-state index in [0.29, 0.717) is 19.3 Å². The van der Waals surface area contributed by atoms with Crippen LogP contribution in [0.2, 0.25) is 0 Å². The number of hydrogen-bond donors (Lipinski definition) is 0. The number of unbranched alkanes of at least 4 members (excludes halogenated alkanes) is 33. The van der Waals surface area contributed by atoms with Gasteiger partial charge in [-0.25, -0.2) is 0 Å². The van der Waals surface area contributed by atoms with Crippen LogP contribution in [0, 0.1) is 0 Å². The fourth-order valence-electron chi connectivity index (χ4n) is 9.09. The molecule has 6 heteroatoms. The molecule has 0 radical (unpaired) electrons. The lowest BCUT2D eigenvalue weighted by molar-refractivity contribution is -0.167. The predicted octanol–water partition coefficient (Wildman–Crippen LogP) is 21.9. The molecule has 0 amide bonds. The number of allylic oxidation sites excluding steroid dienone is 14. The Morgan fingerprint density at radius 2 is 0.520 bits per heavy atom. The normalized spacial score (nSPS) is 12.6. The third-order valence-electron chi connectivity index (χ3n) is 13.9. The molecule has 0 aliphatic heterocycles. The van der Waals surface area contributed by atoms with Crippen molar-refractivity contribution in [2.45, 2.75) is 322 Å². The van der Waals surface area contributed by atoms with Gasteiger partial charge < -0.3 is 14.2 Å². The number of carbonyl (C=O) groups is 3. The van der Waals surface area contributed by atoms with Crippen molar-refractivity contribution in [2.75, 3.05) is 13.2 Å². The number of rotatable bonds is 58. The molecule has 0 aromatic carbocycles. The monoisotopic (exact) mass is 1040 g/mol. The molecule has 1 unspecified atom stereocenters. The Hall–Kier alpha value is -3.41. The van der Waals surface area contributed by atoms with Gasteiger partial charge in [0.1, 0.15) is 13.2 Å². The number of carbonyl (C=O) groups excluding carboxylic acids is 3. The fourth-order valence-corrected chi connectivity index (χ4v) is 9.09. The summed E-state index contributed by atoms with van der Waals surface area (Å²) in [6, 6.07) is 0. The zero-order valence-electron chi connectivity index (χ0n) is 49.6. The van der Waals surface area contributed by atoms with E-state index in [0.717, 1.165) is 103 Å². The van der Waals surface area contributed by atoms with Crippen LogP contribution in [0.1, 0.15) is 316 Å². The van der Waals surface area contributed by atoms with Gasteiger partial charge in [-0.3, -0.25) is 14.4 Å². The summed E-state index contributed by atoms with van der Waals surface area (Å²) in [6.07, 6.45) is 83.1. The molecule has 0 aromatic heterocycles. The molecule has 0 aliphatic carbocycles. The minimum Gasteiger partial charge on any atom is -0.462 e. The second-order valence-electron chi connectivity index (χ2n) is 21.3. The fraction of sp³-hybridized carbons (Fsp3) is 0.754. The third-order valence-corrected chi connectivity index (χ3v) is 13.9. The van der Waals surface area contributed by atoms with Crippen molar-refractivity contribution < 1.29 is 28.6 Å². The maximum absolute atomic E-state index is 12.9. The topological polar surface area (TPSA) is 78.9 Å². The Labute approximate surface area is 465 Å². The molecule has 432 valence electrons. The van der Waals surface area contributed by atoms with Crippen molar-refractivity contribution in [1.29, 1.82) is 0 Å². The van der Waals surface area contributed by atoms with E-state index in [2.05, 4.69) is 106 Å². The van der Waals surface area contributed by atoms with Crippen molar-refractivity contribution in [3.8, 4) is 0 Å². The highest BCUT2D eigenvalue weighted by atomic mass is 16.6. The van der Waals surface area contributed by atoms with E-state index in [-0.39, 0.29) is 31.1 Å². The molecule has 0 aliphatic rings. The molecule has 75 heavy (non-hydrogen) atoms. The first-order valence-electron chi connectivity index (χ1n) is 32.1. The molecular weight excluding hydrogens is 925 g/mol. The quantitative estimate of drug-likeness (QED) is 0.0261. The third kappa shape index (κ3) is 61.3. The zero-order chi connectivity index (χ0) is 54.3. The predicted molar refractivity (Wildman–Crippen MR) is 325 cm³/mol. The Balaban J connectivity index is 4.27. The summed E-state index contributed by atoms with van der Waals surface area (Å²) >= 11 is 0. The Morgan fingerprint density at radius 3 is 0.827 bits per heavy atom. The summed E-state index contributed by atoms with van der Waals surface area (Å²) in [6.45, 7) is 6.51. The van der Waals surface area contributed by atoms with Gasteiger partial charge in [0.15, 0.2) is 6.10 Å². The first-order valence-corrected chi connectivity index (χ1v) is 32.1. The molecule has 0 aromatic rings. The van der Waals surface area contributed by atoms with Crippen LogP contribution >= 0.6 is 0 Å². The second kappa shape index (κ2) is 63.1. The summed E-state index contributed by atoms with van der Waals surface area (Å²) in [7, 11) is 0. The largest absolute Gasteiger partial charge is 0.462 e. The Bertz CT molecular complexity index is 1430. The van der Waals surface area contributed by atoms with Gasteiger partial charge in [-0.15, -0.1) is 0 Å². The number of esters is 3. The summed E-state index contributed by atoms with van der Waals surface area (Å²) in [4.78, 5) is 38.2. The first-order chi connectivity index (χ1) is 37.0. The van der Waals surface area contributed by atoms with Crippen LogP contribution < -0.4 is 0 Å². The van der Waals surface area contributed by atoms with Gasteiger partial charge >= 0.3 is 17.9 Å². The van der Waals surface area contributed by atoms with Crippen LogP contribution in [-0.2, 0) is 28.6 Å². The Kier molecular flexibility index (Phi) is 60.3. The van der Waals surface area contributed by atoms with Gasteiger partial charge in [-0.2, -0.15) is 0 Å². The van der Waals surface area contributed by atoms with Crippen LogP contribution in [0.5, 0.6) is 0 Å². The van der Waals surface area contributed by atoms with Crippen molar-refractivity contribution in [2.24, 2.45) is 0 Å². The second-order valence-corrected chi connectivity index (χ2v) is 21.3. The van der Waals surface area contributed by atoms with Crippen molar-refractivity contribution in [3.05, 3.63) is 85.1 Å². The number of hydrogen-bond acceptors (Lipinski definition) is 6. The molecule has 0 saturated carbocycles. The van der Waals surface area contributed by atoms with Crippen molar-refractivity contribution in [1.82, 2.24) is 0 Å². The van der Waals surface area contributed by atoms with Crippen LogP contribution in [0.15, 0.2) is 85.1 Å². The van der Waals surface area contributed by atoms with Gasteiger partial charge in [0, 0.05) is 19.3 Å². The van der Waals surface area contributed by atoms with E-state index in [1.807, 2.05) is 0 Å². The molecule has 0 saturated heterocycles. The highest BCUT2D eigenvalue weighted by Crippen LogP contribution is 2.16. The summed E-state index contributed by atoms with van der Waals surface area (Å²) in [5.74, 6) is -0.909. The van der Waals surface area contributed by atoms with E-state index in [4.69, 9.17) is 14.2 Å². The van der Waals surface area contributed by atoms with Crippen LogP contribution in [0.25, 0.3) is 0 Å². The molecular formula is C69H120O6. The highest BCUT2D eigenvalue weighted by molar-refractivity contribution is 5.71. The van der Waals surface area contributed by atoms with Crippen molar-refractivity contribution >= 4 is 17.9 Å². The van der Waals surface area contributed by atoms with Gasteiger partial charge in [-0.05, 0) is 96.3 Å². The lowest BCUT2D eigenvalue weighted by atomic mass is 10.0. The standard InChI is InChI=1S/C69H120O6/c1-4-7-10-13-16-19-22-24-26-28-30-31-32-33-34-35-36-37-39-40-42-44-47-50-53-56-59-62-68(71)74-65-66(64-73-67(70)61-58-55-52-49-46-21-18-15-12-9-6-3)75-69(72)63-60-57-54-51-48-45-43-41-38-29-27-25-23-20-17-14-11-8-5-2/h8,11,17,20,22,24-25,27-28,30,38,41,45,48,66H,4-7,9-10,12-16,18-19,21,23,26,29,31-37,39-40,42-44,46-47,49-65H2,1-3H3/b11-8-,20-17-,24-22-,27-25-,30-28-,41-38-,48-45-. The van der Waals surface area contributed by atoms with E-state index < -0.39 is 6.10 Å². The van der Waals surface area contributed by atoms with E-state index >= 15 is 0 Å². The molecule has 1 atom stereocenters. The van der Waals surface area contributed by atoms with E-state index in [1.54, 1.807) is 0 Å². The maximum atomic E-state index is 12.9. The lowest BCUT2D eigenvalue weighted by Crippen LogP contribution is -2.30. The SMILES string of the molecule is CC/C=C\C/C=C\C/C=C\C/C=C\C/C=C\CCCCCC(=O)OC(COC(=O)CCCCCCCCCCCCC)COC(=O)CCCCCCCCCCCCCCCCC/C=C\C/C=C\CCCCCCC. The highest BCUT2D eigenvalue weighted by Gasteiger charge is 2.19. The summed E-state index contributed by atoms with van der Waals surface area (Å²) < 4.78 is 16.9. The van der Waals surface area contributed by atoms with Gasteiger partial charge in [0.25, 0.3) is 0 Å². The first kappa shape index (κ1) is 71.6. The van der Waals surface area contributed by atoms with Crippen LogP contribution in [0.4, 0.5) is 0 Å². The minimum absolute atomic E-state index is 0.0870. The molecule has 0 bridgehead atoms. The molecule has 0 spiro atoms. The van der Waals surface area contributed by atoms with E-state index in [1.165, 1.54) is 173 Å². The summed E-state index contributed by atoms with van der Waals surface area (Å²) in [5.41, 5.74) is 0. The lowest BCUT2D eigenvalue weighted by Gasteiger charge is -2.18. The molecule has 0 N–H and O–H groups in total. The average Bonchev–Trinajstić information content (AvgIpc) is 3.41. The van der Waals surface area contributed by atoms with Gasteiger partial charge in [0.05, 0.1) is 0 Å². The molecule has 0 heterocycles. The van der Waals surface area contributed by atoms with Crippen molar-refractivity contribution in [3.63, 3.8) is 0 Å². The Morgan fingerprint density at radius 1 is 0.280 bits per heavy atom. The zero-order valence-corrected chi connectivity index (χ0v) is 49.6. The van der Waals surface area contributed by atoms with Gasteiger partial charge in [-0.1, -0.05) is 286 Å². The average molecular weight is 1050 g/mol. The van der Waals surface area contributed by atoms with E-state index in [9.17, 15) is 14.4 Å². The summed E-state index contributed by atoms with van der Waals surface area (Å²) in [5, 5.41) is 0. The van der Waals surface area contributed by atoms with Crippen LogP contribution in [-0.4, -0.2) is 37.2 Å². The number of ether oxygens (including phenoxy) is 3. The molecule has 0 fully saturated rings. The van der Waals surface area contributed by atoms with Gasteiger partial charge in [0.2, 0.25) is 0 Å². The molecule has 0 rings (SSSR count). The smallest absolute Gasteiger partial charge is 0.306 e. The minimum atomic E-state index is -0.793.